The number of hydrogen-bond donors (Lipinski definition) is 3. The number of amidine groups is 1. The van der Waals surface area contributed by atoms with Gasteiger partial charge in [0, 0.05) is 24.6 Å². The van der Waals surface area contributed by atoms with Gasteiger partial charge < -0.3 is 10.9 Å². The molecule has 1 aromatic carbocycles. The minimum absolute atomic E-state index is 0.180. The molecule has 1 aromatic rings. The van der Waals surface area contributed by atoms with Crippen LogP contribution in [0.4, 0.5) is 13.2 Å². The van der Waals surface area contributed by atoms with E-state index < -0.39 is 38.4 Å². The maximum atomic E-state index is 13.4. The maximum absolute atomic E-state index is 13.4. The summed E-state index contributed by atoms with van der Waals surface area (Å²) in [5, 5.41) is 11.0. The highest BCUT2D eigenvalue weighted by Gasteiger charge is 2.26. The van der Waals surface area contributed by atoms with E-state index in [2.05, 4.69) is 5.16 Å². The van der Waals surface area contributed by atoms with Gasteiger partial charge in [-0.2, -0.15) is 0 Å². The fourth-order valence-electron chi connectivity index (χ4n) is 1.51. The molecule has 112 valence electrons. The molecule has 6 nitrogen and oxygen atoms in total. The van der Waals surface area contributed by atoms with Crippen molar-refractivity contribution in [1.29, 1.82) is 0 Å². The number of oxime groups is 1. The highest BCUT2D eigenvalue weighted by atomic mass is 32.2. The summed E-state index contributed by atoms with van der Waals surface area (Å²) in [6, 6.07) is -0.378. The second-order valence-corrected chi connectivity index (χ2v) is 5.67. The number of sulfonamides is 1. The van der Waals surface area contributed by atoms with Crippen molar-refractivity contribution in [1.82, 2.24) is 4.72 Å². The molecule has 0 saturated heterocycles. The number of nitrogens with two attached hydrogens (primary N) is 1. The highest BCUT2D eigenvalue weighted by Crippen LogP contribution is 2.20. The molecule has 0 aliphatic carbocycles. The molecule has 0 saturated carbocycles. The van der Waals surface area contributed by atoms with Gasteiger partial charge in [0.15, 0.2) is 4.90 Å². The van der Waals surface area contributed by atoms with Crippen LogP contribution in [0, 0.1) is 17.5 Å². The zero-order valence-corrected chi connectivity index (χ0v) is 11.1. The molecule has 0 aliphatic rings. The Labute approximate surface area is 113 Å². The molecule has 0 heterocycles. The van der Waals surface area contributed by atoms with E-state index >= 15 is 0 Å². The molecule has 0 bridgehead atoms. The molecule has 0 fully saturated rings. The van der Waals surface area contributed by atoms with E-state index in [1.165, 1.54) is 6.92 Å². The second kappa shape index (κ2) is 6.09. The van der Waals surface area contributed by atoms with Gasteiger partial charge in [0.2, 0.25) is 10.0 Å². The highest BCUT2D eigenvalue weighted by molar-refractivity contribution is 7.89. The fourth-order valence-corrected chi connectivity index (χ4v) is 2.87. The molecule has 0 aromatic heterocycles. The molecule has 0 spiro atoms. The van der Waals surface area contributed by atoms with Crippen molar-refractivity contribution < 1.29 is 26.8 Å². The minimum Gasteiger partial charge on any atom is -0.409 e. The van der Waals surface area contributed by atoms with Crippen molar-refractivity contribution in [3.8, 4) is 0 Å². The van der Waals surface area contributed by atoms with Crippen LogP contribution >= 0.6 is 0 Å². The molecule has 0 amide bonds. The third-order valence-corrected chi connectivity index (χ3v) is 3.87. The Morgan fingerprint density at radius 3 is 2.35 bits per heavy atom. The summed E-state index contributed by atoms with van der Waals surface area (Å²) >= 11 is 0. The Morgan fingerprint density at radius 1 is 1.40 bits per heavy atom. The summed E-state index contributed by atoms with van der Waals surface area (Å²) in [7, 11) is -4.55. The van der Waals surface area contributed by atoms with Gasteiger partial charge in [-0.25, -0.2) is 26.3 Å². The van der Waals surface area contributed by atoms with Crippen molar-refractivity contribution in [3.63, 3.8) is 0 Å². The van der Waals surface area contributed by atoms with Gasteiger partial charge >= 0.3 is 0 Å². The normalized spacial score (nSPS) is 14.3. The van der Waals surface area contributed by atoms with Crippen LogP contribution in [0.15, 0.2) is 22.2 Å². The first-order chi connectivity index (χ1) is 9.17. The summed E-state index contributed by atoms with van der Waals surface area (Å²) < 4.78 is 65.1. The number of nitrogens with zero attached hydrogens (tertiary/aromatic N) is 1. The molecular formula is C10H12F3N3O3S. The van der Waals surface area contributed by atoms with Gasteiger partial charge in [-0.3, -0.25) is 0 Å². The van der Waals surface area contributed by atoms with E-state index in [1.807, 2.05) is 4.72 Å². The number of halogens is 3. The molecule has 10 heteroatoms. The van der Waals surface area contributed by atoms with E-state index in [0.717, 1.165) is 0 Å². The van der Waals surface area contributed by atoms with Crippen molar-refractivity contribution in [2.45, 2.75) is 24.3 Å². The SMILES string of the molecule is CC(CC(N)=NO)NS(=O)(=O)c1c(F)cc(F)cc1F. The Kier molecular flexibility index (Phi) is 4.95. The van der Waals surface area contributed by atoms with Gasteiger partial charge in [-0.1, -0.05) is 5.16 Å². The van der Waals surface area contributed by atoms with Crippen molar-refractivity contribution >= 4 is 15.9 Å². The van der Waals surface area contributed by atoms with E-state index in [0.29, 0.717) is 0 Å². The lowest BCUT2D eigenvalue weighted by molar-refractivity contribution is 0.316. The van der Waals surface area contributed by atoms with Crippen LogP contribution < -0.4 is 10.5 Å². The van der Waals surface area contributed by atoms with Crippen molar-refractivity contribution in [2.24, 2.45) is 10.9 Å². The van der Waals surface area contributed by atoms with Gasteiger partial charge in [-0.05, 0) is 6.92 Å². The van der Waals surface area contributed by atoms with Crippen LogP contribution in [-0.4, -0.2) is 25.5 Å². The lowest BCUT2D eigenvalue weighted by Crippen LogP contribution is -2.36. The number of hydrogen-bond acceptors (Lipinski definition) is 4. The smallest absolute Gasteiger partial charge is 0.246 e. The monoisotopic (exact) mass is 311 g/mol. The van der Waals surface area contributed by atoms with Gasteiger partial charge in [0.05, 0.1) is 0 Å². The number of nitrogens with one attached hydrogen (secondary N) is 1. The lowest BCUT2D eigenvalue weighted by atomic mass is 10.2. The molecular weight excluding hydrogens is 299 g/mol. The summed E-state index contributed by atoms with van der Waals surface area (Å²) in [6.45, 7) is 1.34. The first-order valence-corrected chi connectivity index (χ1v) is 6.79. The Hall–Kier alpha value is -1.81. The Bertz CT molecular complexity index is 611. The topological polar surface area (TPSA) is 105 Å². The van der Waals surface area contributed by atoms with Crippen molar-refractivity contribution in [3.05, 3.63) is 29.6 Å². The van der Waals surface area contributed by atoms with Crippen LogP contribution in [0.1, 0.15) is 13.3 Å². The average Bonchev–Trinajstić information content (AvgIpc) is 2.25. The number of benzene rings is 1. The molecule has 1 rings (SSSR count). The quantitative estimate of drug-likeness (QED) is 0.325. The van der Waals surface area contributed by atoms with Crippen LogP contribution in [0.2, 0.25) is 0 Å². The predicted octanol–water partition coefficient (Wildman–Crippen LogP) is 0.907. The molecule has 1 atom stereocenters. The summed E-state index contributed by atoms with van der Waals surface area (Å²) in [5.41, 5.74) is 5.18. The Balaban J connectivity index is 3.07. The molecule has 1 unspecified atom stereocenters. The minimum atomic E-state index is -4.55. The van der Waals surface area contributed by atoms with Crippen LogP contribution in [0.25, 0.3) is 0 Å². The summed E-state index contributed by atoms with van der Waals surface area (Å²) in [6.07, 6.45) is -0.180. The van der Waals surface area contributed by atoms with E-state index in [9.17, 15) is 21.6 Å². The summed E-state index contributed by atoms with van der Waals surface area (Å²) in [4.78, 5) is -1.29. The number of rotatable bonds is 5. The van der Waals surface area contributed by atoms with Crippen LogP contribution in [0.5, 0.6) is 0 Å². The van der Waals surface area contributed by atoms with Crippen molar-refractivity contribution in [2.75, 3.05) is 0 Å². The molecule has 0 aliphatic heterocycles. The zero-order valence-electron chi connectivity index (χ0n) is 10.3. The molecule has 20 heavy (non-hydrogen) atoms. The fraction of sp³-hybridized carbons (Fsp3) is 0.300. The van der Waals surface area contributed by atoms with E-state index in [-0.39, 0.29) is 24.4 Å². The van der Waals surface area contributed by atoms with E-state index in [1.54, 1.807) is 0 Å². The van der Waals surface area contributed by atoms with Gasteiger partial charge in [-0.15, -0.1) is 0 Å². The molecule has 4 N–H and O–H groups in total. The summed E-state index contributed by atoms with van der Waals surface area (Å²) in [5.74, 6) is -4.60. The first kappa shape index (κ1) is 16.2. The standard InChI is InChI=1S/C10H12F3N3O3S/c1-5(2-9(14)15-17)16-20(18,19)10-7(12)3-6(11)4-8(10)13/h3-5,16-17H,2H2,1H3,(H2,14,15). The second-order valence-electron chi connectivity index (χ2n) is 4.02. The van der Waals surface area contributed by atoms with Gasteiger partial charge in [0.25, 0.3) is 0 Å². The zero-order chi connectivity index (χ0) is 15.5. The van der Waals surface area contributed by atoms with Gasteiger partial charge in [0.1, 0.15) is 23.3 Å². The van der Waals surface area contributed by atoms with Crippen LogP contribution in [-0.2, 0) is 10.0 Å². The lowest BCUT2D eigenvalue weighted by Gasteiger charge is -2.14. The molecule has 0 radical (unpaired) electrons. The average molecular weight is 311 g/mol. The Morgan fingerprint density at radius 2 is 1.90 bits per heavy atom. The third-order valence-electron chi connectivity index (χ3n) is 2.23. The third kappa shape index (κ3) is 3.84. The first-order valence-electron chi connectivity index (χ1n) is 5.30. The largest absolute Gasteiger partial charge is 0.409 e. The predicted molar refractivity (Wildman–Crippen MR) is 64.1 cm³/mol. The van der Waals surface area contributed by atoms with E-state index in [4.69, 9.17) is 10.9 Å². The maximum Gasteiger partial charge on any atom is 0.246 e. The van der Waals surface area contributed by atoms with Crippen LogP contribution in [0.3, 0.4) is 0 Å².